The van der Waals surface area contributed by atoms with E-state index in [2.05, 4.69) is 10.3 Å². The number of benzene rings is 2. The van der Waals surface area contributed by atoms with Crippen LogP contribution in [0.1, 0.15) is 27.2 Å². The fourth-order valence-corrected chi connectivity index (χ4v) is 4.64. The van der Waals surface area contributed by atoms with Gasteiger partial charge in [0, 0.05) is 29.4 Å². The second-order valence-electron chi connectivity index (χ2n) is 7.07. The number of fused-ring (bicyclic) bond motifs is 1. The number of carbonyl (C=O) groups is 1. The van der Waals surface area contributed by atoms with E-state index in [1.54, 1.807) is 22.3 Å². The van der Waals surface area contributed by atoms with E-state index in [-0.39, 0.29) is 18.0 Å². The number of para-hydroxylation sites is 1. The lowest BCUT2D eigenvalue weighted by molar-refractivity contribution is 0.0952. The predicted octanol–water partition coefficient (Wildman–Crippen LogP) is 3.45. The average molecular weight is 420 g/mol. The van der Waals surface area contributed by atoms with Crippen LogP contribution in [-0.4, -0.2) is 19.1 Å². The summed E-state index contributed by atoms with van der Waals surface area (Å²) in [6.45, 7) is 3.78. The first-order valence-electron chi connectivity index (χ1n) is 9.50. The molecule has 2 N–H and O–H groups in total. The summed E-state index contributed by atoms with van der Waals surface area (Å²) in [5.41, 5.74) is 3.03. The molecular formula is C23H21N3O3S. The molecular weight excluding hydrogens is 398 g/mol. The fourth-order valence-electron chi connectivity index (χ4n) is 3.48. The van der Waals surface area contributed by atoms with E-state index in [1.165, 1.54) is 0 Å². The molecule has 0 aliphatic carbocycles. The van der Waals surface area contributed by atoms with Gasteiger partial charge in [-0.2, -0.15) is 0 Å². The molecule has 1 amide bonds. The molecule has 0 aliphatic rings. The van der Waals surface area contributed by atoms with Crippen LogP contribution in [-0.2, 0) is 17.5 Å². The van der Waals surface area contributed by atoms with Crippen LogP contribution >= 0.6 is 0 Å². The molecule has 0 radical (unpaired) electrons. The van der Waals surface area contributed by atoms with Crippen molar-refractivity contribution in [2.24, 2.45) is 0 Å². The van der Waals surface area contributed by atoms with Crippen molar-refractivity contribution in [2.75, 3.05) is 0 Å². The number of nitrogens with zero attached hydrogens (tertiary/aromatic N) is 1. The molecule has 4 aromatic rings. The van der Waals surface area contributed by atoms with Crippen molar-refractivity contribution in [3.05, 3.63) is 99.6 Å². The molecule has 2 heterocycles. The zero-order valence-corrected chi connectivity index (χ0v) is 17.5. The van der Waals surface area contributed by atoms with Crippen LogP contribution in [0.5, 0.6) is 0 Å². The SMILES string of the molecule is Cc1cc(C)c(CNC(=O)c2cn(S(=O)c3ccccc3)c3ccccc23)c(=O)[nH]1. The molecule has 2 aromatic carbocycles. The molecule has 1 atom stereocenters. The van der Waals surface area contributed by atoms with Crippen LogP contribution in [0.4, 0.5) is 0 Å². The van der Waals surface area contributed by atoms with Crippen molar-refractivity contribution in [3.63, 3.8) is 0 Å². The third kappa shape index (κ3) is 3.71. The summed E-state index contributed by atoms with van der Waals surface area (Å²) in [5.74, 6) is -0.325. The van der Waals surface area contributed by atoms with Gasteiger partial charge in [0.1, 0.15) is 0 Å². The van der Waals surface area contributed by atoms with E-state index in [0.717, 1.165) is 11.3 Å². The van der Waals surface area contributed by atoms with Gasteiger partial charge >= 0.3 is 0 Å². The summed E-state index contributed by atoms with van der Waals surface area (Å²) < 4.78 is 14.7. The Hall–Kier alpha value is -3.45. The molecule has 152 valence electrons. The van der Waals surface area contributed by atoms with Crippen LogP contribution in [0.2, 0.25) is 0 Å². The van der Waals surface area contributed by atoms with Gasteiger partial charge in [-0.25, -0.2) is 4.21 Å². The number of carbonyl (C=O) groups excluding carboxylic acids is 1. The van der Waals surface area contributed by atoms with Gasteiger partial charge in [-0.05, 0) is 43.7 Å². The van der Waals surface area contributed by atoms with Gasteiger partial charge < -0.3 is 10.3 Å². The number of H-pyrrole nitrogens is 1. The number of rotatable bonds is 5. The second-order valence-corrected chi connectivity index (χ2v) is 8.44. The molecule has 4 rings (SSSR count). The molecule has 2 aromatic heterocycles. The number of nitrogens with one attached hydrogen (secondary N) is 2. The topological polar surface area (TPSA) is 84.0 Å². The smallest absolute Gasteiger partial charge is 0.253 e. The van der Waals surface area contributed by atoms with E-state index >= 15 is 0 Å². The molecule has 0 fully saturated rings. The first-order chi connectivity index (χ1) is 14.5. The van der Waals surface area contributed by atoms with Gasteiger partial charge in [0.2, 0.25) is 0 Å². The lowest BCUT2D eigenvalue weighted by Gasteiger charge is -2.07. The van der Waals surface area contributed by atoms with Gasteiger partial charge in [-0.3, -0.25) is 13.6 Å². The molecule has 0 saturated carbocycles. The fraction of sp³-hybridized carbons (Fsp3) is 0.130. The Labute approximate surface area is 176 Å². The standard InChI is InChI=1S/C23H21N3O3S/c1-15-12-16(2)25-23(28)19(15)13-24-22(27)20-14-26(21-11-7-6-10-18(20)21)30(29)17-8-4-3-5-9-17/h3-12,14H,13H2,1-2H3,(H,24,27)(H,25,28). The highest BCUT2D eigenvalue weighted by Crippen LogP contribution is 2.24. The molecule has 0 spiro atoms. The molecule has 0 saturated heterocycles. The minimum absolute atomic E-state index is 0.113. The zero-order valence-electron chi connectivity index (χ0n) is 16.6. The summed E-state index contributed by atoms with van der Waals surface area (Å²) >= 11 is 0. The van der Waals surface area contributed by atoms with Crippen LogP contribution < -0.4 is 10.9 Å². The minimum atomic E-state index is -1.49. The molecule has 7 heteroatoms. The highest BCUT2D eigenvalue weighted by Gasteiger charge is 2.19. The number of aromatic nitrogens is 2. The van der Waals surface area contributed by atoms with Crippen LogP contribution in [0.15, 0.2) is 76.6 Å². The number of hydrogen-bond acceptors (Lipinski definition) is 3. The van der Waals surface area contributed by atoms with Crippen molar-refractivity contribution in [1.82, 2.24) is 14.3 Å². The molecule has 6 nitrogen and oxygen atoms in total. The van der Waals surface area contributed by atoms with Crippen molar-refractivity contribution < 1.29 is 9.00 Å². The van der Waals surface area contributed by atoms with Gasteiger partial charge in [0.05, 0.1) is 16.0 Å². The highest BCUT2D eigenvalue weighted by atomic mass is 32.2. The summed E-state index contributed by atoms with van der Waals surface area (Å²) in [5, 5.41) is 3.53. The Bertz CT molecular complexity index is 1320. The van der Waals surface area contributed by atoms with Crippen LogP contribution in [0, 0.1) is 13.8 Å². The maximum absolute atomic E-state index is 13.1. The maximum atomic E-state index is 13.1. The van der Waals surface area contributed by atoms with E-state index < -0.39 is 11.0 Å². The largest absolute Gasteiger partial charge is 0.348 e. The summed E-state index contributed by atoms with van der Waals surface area (Å²) in [4.78, 5) is 28.6. The van der Waals surface area contributed by atoms with Crippen molar-refractivity contribution >= 4 is 27.8 Å². The van der Waals surface area contributed by atoms with E-state index in [0.29, 0.717) is 26.9 Å². The van der Waals surface area contributed by atoms with E-state index in [1.807, 2.05) is 62.4 Å². The normalized spacial score (nSPS) is 12.1. The number of aryl methyl sites for hydroxylation is 2. The number of pyridine rings is 1. The first kappa shape index (κ1) is 19.8. The van der Waals surface area contributed by atoms with Crippen molar-refractivity contribution in [1.29, 1.82) is 0 Å². The molecule has 1 unspecified atom stereocenters. The number of aromatic amines is 1. The third-order valence-corrected chi connectivity index (χ3v) is 6.30. The quantitative estimate of drug-likeness (QED) is 0.520. The second kappa shape index (κ2) is 8.12. The van der Waals surface area contributed by atoms with Crippen molar-refractivity contribution in [2.45, 2.75) is 25.3 Å². The van der Waals surface area contributed by atoms with Gasteiger partial charge in [-0.15, -0.1) is 0 Å². The predicted molar refractivity (Wildman–Crippen MR) is 118 cm³/mol. The Morgan fingerprint density at radius 3 is 2.50 bits per heavy atom. The minimum Gasteiger partial charge on any atom is -0.348 e. The first-order valence-corrected chi connectivity index (χ1v) is 10.6. The Kier molecular flexibility index (Phi) is 5.37. The van der Waals surface area contributed by atoms with Crippen LogP contribution in [0.25, 0.3) is 10.9 Å². The summed E-state index contributed by atoms with van der Waals surface area (Å²) in [6, 6.07) is 18.3. The maximum Gasteiger partial charge on any atom is 0.253 e. The lowest BCUT2D eigenvalue weighted by atomic mass is 10.1. The average Bonchev–Trinajstić information content (AvgIpc) is 3.13. The number of amides is 1. The highest BCUT2D eigenvalue weighted by molar-refractivity contribution is 7.83. The molecule has 0 aliphatic heterocycles. The van der Waals surface area contributed by atoms with Gasteiger partial charge in [0.15, 0.2) is 11.0 Å². The Morgan fingerprint density at radius 2 is 1.77 bits per heavy atom. The summed E-state index contributed by atoms with van der Waals surface area (Å²) in [7, 11) is -1.49. The number of hydrogen-bond donors (Lipinski definition) is 2. The lowest BCUT2D eigenvalue weighted by Crippen LogP contribution is -2.27. The molecule has 30 heavy (non-hydrogen) atoms. The third-order valence-electron chi connectivity index (χ3n) is 4.97. The Morgan fingerprint density at radius 1 is 1.07 bits per heavy atom. The van der Waals surface area contributed by atoms with Crippen molar-refractivity contribution in [3.8, 4) is 0 Å². The van der Waals surface area contributed by atoms with Crippen LogP contribution in [0.3, 0.4) is 0 Å². The van der Waals surface area contributed by atoms with E-state index in [9.17, 15) is 13.8 Å². The monoisotopic (exact) mass is 419 g/mol. The zero-order chi connectivity index (χ0) is 21.3. The van der Waals surface area contributed by atoms with E-state index in [4.69, 9.17) is 0 Å². The summed E-state index contributed by atoms with van der Waals surface area (Å²) in [6.07, 6.45) is 1.61. The molecule has 0 bridgehead atoms. The van der Waals surface area contributed by atoms with Gasteiger partial charge in [-0.1, -0.05) is 36.4 Å². The van der Waals surface area contributed by atoms with Gasteiger partial charge in [0.25, 0.3) is 11.5 Å². The Balaban J connectivity index is 1.67.